The van der Waals surface area contributed by atoms with Crippen LogP contribution in [-0.2, 0) is 19.3 Å². The standard InChI is InChI=1S/C22H20F4N2O2/c1-3-9-28-19(20(29)27-12-14-5-4-6-16(23)10-14)13(2)17-8-7-15(22(24,25)26)11-18(17)21(28)30/h4-8,10-11H,3,9,12H2,1-2H3,(H,27,29). The Morgan fingerprint density at radius 2 is 1.83 bits per heavy atom. The van der Waals surface area contributed by atoms with Crippen molar-refractivity contribution < 1.29 is 22.4 Å². The summed E-state index contributed by atoms with van der Waals surface area (Å²) in [5.41, 5.74) is -0.535. The Morgan fingerprint density at radius 3 is 2.47 bits per heavy atom. The molecule has 8 heteroatoms. The van der Waals surface area contributed by atoms with E-state index in [0.29, 0.717) is 17.5 Å². The number of amides is 1. The van der Waals surface area contributed by atoms with Crippen LogP contribution in [0.3, 0.4) is 0 Å². The molecule has 1 heterocycles. The first-order chi connectivity index (χ1) is 14.1. The lowest BCUT2D eigenvalue weighted by molar-refractivity contribution is -0.137. The second-order valence-corrected chi connectivity index (χ2v) is 7.00. The number of hydrogen-bond donors (Lipinski definition) is 1. The number of carbonyl (C=O) groups excluding carboxylic acids is 1. The molecule has 0 saturated heterocycles. The van der Waals surface area contributed by atoms with E-state index >= 15 is 0 Å². The van der Waals surface area contributed by atoms with Gasteiger partial charge >= 0.3 is 6.18 Å². The van der Waals surface area contributed by atoms with Gasteiger partial charge in [-0.2, -0.15) is 13.2 Å². The lowest BCUT2D eigenvalue weighted by Crippen LogP contribution is -2.33. The van der Waals surface area contributed by atoms with Gasteiger partial charge in [0.05, 0.1) is 5.56 Å². The Labute approximate surface area is 170 Å². The molecule has 1 aromatic heterocycles. The molecule has 4 nitrogen and oxygen atoms in total. The maximum atomic E-state index is 13.3. The van der Waals surface area contributed by atoms with Crippen LogP contribution in [0.15, 0.2) is 47.3 Å². The molecular formula is C22H20F4N2O2. The van der Waals surface area contributed by atoms with Crippen LogP contribution in [0, 0.1) is 12.7 Å². The van der Waals surface area contributed by atoms with Crippen molar-refractivity contribution >= 4 is 16.7 Å². The second kappa shape index (κ2) is 8.30. The van der Waals surface area contributed by atoms with E-state index in [0.717, 1.165) is 12.1 Å². The van der Waals surface area contributed by atoms with Gasteiger partial charge in [0.1, 0.15) is 11.5 Å². The first-order valence-electron chi connectivity index (χ1n) is 9.40. The lowest BCUT2D eigenvalue weighted by Gasteiger charge is -2.18. The number of alkyl halides is 3. The molecule has 0 radical (unpaired) electrons. The number of aromatic nitrogens is 1. The molecule has 0 aliphatic rings. The highest BCUT2D eigenvalue weighted by atomic mass is 19.4. The summed E-state index contributed by atoms with van der Waals surface area (Å²) < 4.78 is 53.8. The Morgan fingerprint density at radius 1 is 1.10 bits per heavy atom. The van der Waals surface area contributed by atoms with E-state index in [1.165, 1.54) is 28.8 Å². The molecule has 0 atom stereocenters. The second-order valence-electron chi connectivity index (χ2n) is 7.00. The summed E-state index contributed by atoms with van der Waals surface area (Å²) in [4.78, 5) is 25.9. The number of halogens is 4. The summed E-state index contributed by atoms with van der Waals surface area (Å²) in [6.07, 6.45) is -4.07. The number of hydrogen-bond acceptors (Lipinski definition) is 2. The predicted octanol–water partition coefficient (Wildman–Crippen LogP) is 4.81. The van der Waals surface area contributed by atoms with Crippen LogP contribution in [0.4, 0.5) is 17.6 Å². The van der Waals surface area contributed by atoms with E-state index in [9.17, 15) is 27.2 Å². The molecule has 2 aromatic carbocycles. The van der Waals surface area contributed by atoms with Crippen LogP contribution in [0.1, 0.15) is 40.5 Å². The monoisotopic (exact) mass is 420 g/mol. The number of fused-ring (bicyclic) bond motifs is 1. The van der Waals surface area contributed by atoms with E-state index in [-0.39, 0.29) is 29.6 Å². The smallest absolute Gasteiger partial charge is 0.347 e. The van der Waals surface area contributed by atoms with E-state index in [1.54, 1.807) is 19.9 Å². The zero-order valence-corrected chi connectivity index (χ0v) is 16.4. The average molecular weight is 420 g/mol. The topological polar surface area (TPSA) is 51.1 Å². The molecule has 1 amide bonds. The quantitative estimate of drug-likeness (QED) is 0.603. The molecule has 3 rings (SSSR count). The van der Waals surface area contributed by atoms with Crippen LogP contribution in [0.5, 0.6) is 0 Å². The highest BCUT2D eigenvalue weighted by Crippen LogP contribution is 2.31. The molecule has 0 fully saturated rings. The lowest BCUT2D eigenvalue weighted by atomic mass is 10.0. The predicted molar refractivity (Wildman–Crippen MR) is 106 cm³/mol. The average Bonchev–Trinajstić information content (AvgIpc) is 2.69. The zero-order valence-electron chi connectivity index (χ0n) is 16.4. The van der Waals surface area contributed by atoms with Crippen molar-refractivity contribution in [2.24, 2.45) is 0 Å². The molecule has 3 aromatic rings. The number of pyridine rings is 1. The van der Waals surface area contributed by atoms with Gasteiger partial charge in [0.15, 0.2) is 0 Å². The third-order valence-electron chi connectivity index (χ3n) is 4.86. The molecular weight excluding hydrogens is 400 g/mol. The summed E-state index contributed by atoms with van der Waals surface area (Å²) in [5.74, 6) is -0.990. The van der Waals surface area contributed by atoms with Crippen molar-refractivity contribution in [2.75, 3.05) is 0 Å². The van der Waals surface area contributed by atoms with Gasteiger partial charge in [0, 0.05) is 18.5 Å². The van der Waals surface area contributed by atoms with Crippen molar-refractivity contribution in [1.29, 1.82) is 0 Å². The van der Waals surface area contributed by atoms with Gasteiger partial charge < -0.3 is 9.88 Å². The van der Waals surface area contributed by atoms with Crippen molar-refractivity contribution in [2.45, 2.75) is 39.5 Å². The fraction of sp³-hybridized carbons (Fsp3) is 0.273. The van der Waals surface area contributed by atoms with E-state index in [1.807, 2.05) is 0 Å². The van der Waals surface area contributed by atoms with Gasteiger partial charge in [-0.15, -0.1) is 0 Å². The number of nitrogens with one attached hydrogen (secondary N) is 1. The largest absolute Gasteiger partial charge is 0.416 e. The van der Waals surface area contributed by atoms with Crippen molar-refractivity contribution in [3.05, 3.63) is 81.0 Å². The molecule has 0 saturated carbocycles. The number of nitrogens with zero attached hydrogens (tertiary/aromatic N) is 1. The zero-order chi connectivity index (χ0) is 22.1. The fourth-order valence-electron chi connectivity index (χ4n) is 3.44. The Kier molecular flexibility index (Phi) is 5.96. The van der Waals surface area contributed by atoms with Crippen LogP contribution in [0.25, 0.3) is 10.8 Å². The first-order valence-corrected chi connectivity index (χ1v) is 9.40. The summed E-state index contributed by atoms with van der Waals surface area (Å²) in [7, 11) is 0. The maximum absolute atomic E-state index is 13.3. The maximum Gasteiger partial charge on any atom is 0.416 e. The molecule has 0 unspecified atom stereocenters. The van der Waals surface area contributed by atoms with Gasteiger partial charge in [0.2, 0.25) is 0 Å². The fourth-order valence-corrected chi connectivity index (χ4v) is 3.44. The minimum Gasteiger partial charge on any atom is -0.347 e. The van der Waals surface area contributed by atoms with Crippen LogP contribution < -0.4 is 10.9 Å². The molecule has 158 valence electrons. The number of carbonyl (C=O) groups is 1. The molecule has 30 heavy (non-hydrogen) atoms. The highest BCUT2D eigenvalue weighted by molar-refractivity contribution is 5.99. The number of rotatable bonds is 5. The van der Waals surface area contributed by atoms with Gasteiger partial charge in [-0.1, -0.05) is 25.1 Å². The normalized spacial score (nSPS) is 11.7. The summed E-state index contributed by atoms with van der Waals surface area (Å²) in [6.45, 7) is 3.61. The Balaban J connectivity index is 2.08. The molecule has 0 aliphatic heterocycles. The van der Waals surface area contributed by atoms with Crippen LogP contribution >= 0.6 is 0 Å². The highest BCUT2D eigenvalue weighted by Gasteiger charge is 2.31. The Bertz CT molecular complexity index is 1170. The minimum absolute atomic E-state index is 0.0431. The van der Waals surface area contributed by atoms with E-state index in [2.05, 4.69) is 5.32 Å². The van der Waals surface area contributed by atoms with Crippen LogP contribution in [-0.4, -0.2) is 10.5 Å². The number of aryl methyl sites for hydroxylation is 1. The van der Waals surface area contributed by atoms with Crippen LogP contribution in [0.2, 0.25) is 0 Å². The van der Waals surface area contributed by atoms with Crippen molar-refractivity contribution in [3.63, 3.8) is 0 Å². The van der Waals surface area contributed by atoms with E-state index in [4.69, 9.17) is 0 Å². The summed E-state index contributed by atoms with van der Waals surface area (Å²) in [5, 5.41) is 2.87. The summed E-state index contributed by atoms with van der Waals surface area (Å²) >= 11 is 0. The van der Waals surface area contributed by atoms with Gasteiger partial charge in [0.25, 0.3) is 11.5 Å². The molecule has 0 spiro atoms. The van der Waals surface area contributed by atoms with Gasteiger partial charge in [-0.25, -0.2) is 4.39 Å². The minimum atomic E-state index is -4.58. The van der Waals surface area contributed by atoms with Crippen molar-refractivity contribution in [3.8, 4) is 0 Å². The SMILES string of the molecule is CCCn1c(C(=O)NCc2cccc(F)c2)c(C)c2ccc(C(F)(F)F)cc2c1=O. The molecule has 0 aliphatic carbocycles. The van der Waals surface area contributed by atoms with Gasteiger partial charge in [-0.3, -0.25) is 9.59 Å². The summed E-state index contributed by atoms with van der Waals surface area (Å²) in [6, 6.07) is 8.67. The third-order valence-corrected chi connectivity index (χ3v) is 4.86. The van der Waals surface area contributed by atoms with E-state index < -0.39 is 29.0 Å². The third kappa shape index (κ3) is 4.22. The number of benzene rings is 2. The Hall–Kier alpha value is -3.16. The van der Waals surface area contributed by atoms with Gasteiger partial charge in [-0.05, 0) is 54.1 Å². The molecule has 1 N–H and O–H groups in total. The molecule has 0 bridgehead atoms. The van der Waals surface area contributed by atoms with Crippen molar-refractivity contribution in [1.82, 2.24) is 9.88 Å². The first kappa shape index (κ1) is 21.5.